The van der Waals surface area contributed by atoms with Gasteiger partial charge in [0, 0.05) is 35.9 Å². The summed E-state index contributed by atoms with van der Waals surface area (Å²) in [4.78, 5) is 22.7. The Morgan fingerprint density at radius 3 is 2.74 bits per heavy atom. The Labute approximate surface area is 158 Å². The summed E-state index contributed by atoms with van der Waals surface area (Å²) in [5.41, 5.74) is 2.52. The van der Waals surface area contributed by atoms with E-state index in [-0.39, 0.29) is 11.9 Å². The van der Waals surface area contributed by atoms with Crippen molar-refractivity contribution in [1.82, 2.24) is 14.9 Å². The zero-order chi connectivity index (χ0) is 18.8. The maximum Gasteiger partial charge on any atom is 0.270 e. The number of amides is 1. The van der Waals surface area contributed by atoms with E-state index in [1.54, 1.807) is 20.4 Å². The van der Waals surface area contributed by atoms with E-state index in [0.29, 0.717) is 17.2 Å². The molecule has 1 N–H and O–H groups in total. The van der Waals surface area contributed by atoms with Crippen LogP contribution in [0.4, 0.5) is 0 Å². The fourth-order valence-corrected chi connectivity index (χ4v) is 3.82. The summed E-state index contributed by atoms with van der Waals surface area (Å²) in [7, 11) is 3.21. The molecular formula is C21H23N3O3. The summed E-state index contributed by atoms with van der Waals surface area (Å²) >= 11 is 0. The number of ether oxygens (including phenoxy) is 2. The number of aromatic amines is 1. The van der Waals surface area contributed by atoms with Gasteiger partial charge in [0.2, 0.25) is 0 Å². The number of rotatable bonds is 4. The second kappa shape index (κ2) is 7.31. The van der Waals surface area contributed by atoms with Crippen LogP contribution in [0.2, 0.25) is 0 Å². The third kappa shape index (κ3) is 3.23. The number of piperidine rings is 1. The highest BCUT2D eigenvalue weighted by molar-refractivity contribution is 5.99. The third-order valence-corrected chi connectivity index (χ3v) is 5.19. The molecule has 0 aliphatic carbocycles. The molecule has 1 aliphatic heterocycles. The van der Waals surface area contributed by atoms with Crippen LogP contribution in [0.25, 0.3) is 10.9 Å². The van der Waals surface area contributed by atoms with Gasteiger partial charge >= 0.3 is 0 Å². The summed E-state index contributed by atoms with van der Waals surface area (Å²) in [6, 6.07) is 9.67. The average molecular weight is 365 g/mol. The number of hydrogen-bond acceptors (Lipinski definition) is 4. The molecule has 2 aromatic heterocycles. The summed E-state index contributed by atoms with van der Waals surface area (Å²) in [5.74, 6) is 1.30. The lowest BCUT2D eigenvalue weighted by Gasteiger charge is -2.35. The normalized spacial score (nSPS) is 17.1. The number of H-pyrrole nitrogens is 1. The van der Waals surface area contributed by atoms with Gasteiger partial charge in [0.15, 0.2) is 11.5 Å². The number of nitrogens with zero attached hydrogens (tertiary/aromatic N) is 2. The van der Waals surface area contributed by atoms with Crippen molar-refractivity contribution in [3.05, 3.63) is 54.0 Å². The number of fused-ring (bicyclic) bond motifs is 1. The lowest BCUT2D eigenvalue weighted by molar-refractivity contribution is 0.0606. The summed E-state index contributed by atoms with van der Waals surface area (Å²) in [6.45, 7) is 0.750. The Morgan fingerprint density at radius 2 is 2.00 bits per heavy atom. The number of aromatic nitrogens is 2. The Hall–Kier alpha value is -3.02. The van der Waals surface area contributed by atoms with Crippen molar-refractivity contribution in [3.63, 3.8) is 0 Å². The molecule has 0 spiro atoms. The molecule has 0 saturated carbocycles. The second-order valence-corrected chi connectivity index (χ2v) is 6.77. The van der Waals surface area contributed by atoms with E-state index < -0.39 is 0 Å². The van der Waals surface area contributed by atoms with Crippen LogP contribution < -0.4 is 9.47 Å². The monoisotopic (exact) mass is 365 g/mol. The van der Waals surface area contributed by atoms with E-state index >= 15 is 0 Å². The van der Waals surface area contributed by atoms with Crippen LogP contribution in [-0.4, -0.2) is 41.5 Å². The van der Waals surface area contributed by atoms with Crippen LogP contribution in [0, 0.1) is 0 Å². The topological polar surface area (TPSA) is 67.5 Å². The molecule has 3 aromatic rings. The van der Waals surface area contributed by atoms with Gasteiger partial charge < -0.3 is 19.4 Å². The van der Waals surface area contributed by atoms with Gasteiger partial charge in [-0.05, 0) is 43.0 Å². The van der Waals surface area contributed by atoms with Gasteiger partial charge in [0.05, 0.1) is 20.3 Å². The molecule has 1 amide bonds. The smallest absolute Gasteiger partial charge is 0.270 e. The Balaban J connectivity index is 1.68. The zero-order valence-corrected chi connectivity index (χ0v) is 15.6. The first-order valence-corrected chi connectivity index (χ1v) is 9.17. The molecule has 1 aromatic carbocycles. The Kier molecular flexibility index (Phi) is 4.71. The minimum Gasteiger partial charge on any atom is -0.493 e. The Morgan fingerprint density at radius 1 is 1.19 bits per heavy atom. The predicted molar refractivity (Wildman–Crippen MR) is 103 cm³/mol. The van der Waals surface area contributed by atoms with Crippen molar-refractivity contribution >= 4 is 16.8 Å². The van der Waals surface area contributed by atoms with Gasteiger partial charge in [-0.2, -0.15) is 0 Å². The van der Waals surface area contributed by atoms with Crippen molar-refractivity contribution in [2.75, 3.05) is 20.8 Å². The van der Waals surface area contributed by atoms with Gasteiger partial charge in [-0.25, -0.2) is 0 Å². The number of pyridine rings is 1. The Bertz CT molecular complexity index is 911. The van der Waals surface area contributed by atoms with E-state index in [4.69, 9.17) is 9.47 Å². The number of carbonyl (C=O) groups excluding carboxylic acids is 1. The molecule has 27 heavy (non-hydrogen) atoms. The molecule has 0 unspecified atom stereocenters. The first kappa shape index (κ1) is 17.4. The number of methoxy groups -OCH3 is 2. The molecule has 4 rings (SSSR count). The van der Waals surface area contributed by atoms with E-state index in [1.165, 1.54) is 0 Å². The molecule has 1 saturated heterocycles. The molecular weight excluding hydrogens is 342 g/mol. The standard InChI is InChI=1S/C21H23N3O3/c1-26-19-11-15-10-17(23-16(15)12-20(19)27-2)21(25)24-9-4-3-7-18(24)14-6-5-8-22-13-14/h5-6,8,10-13,18,23H,3-4,7,9H2,1-2H3/t18-/m0/s1. The third-order valence-electron chi connectivity index (χ3n) is 5.19. The number of hydrogen-bond donors (Lipinski definition) is 1. The molecule has 0 bridgehead atoms. The lowest BCUT2D eigenvalue weighted by Crippen LogP contribution is -2.38. The number of likely N-dealkylation sites (tertiary alicyclic amines) is 1. The molecule has 140 valence electrons. The van der Waals surface area contributed by atoms with Crippen LogP contribution in [-0.2, 0) is 0 Å². The molecule has 6 heteroatoms. The largest absolute Gasteiger partial charge is 0.493 e. The van der Waals surface area contributed by atoms with E-state index in [0.717, 1.165) is 42.3 Å². The van der Waals surface area contributed by atoms with E-state index in [2.05, 4.69) is 9.97 Å². The second-order valence-electron chi connectivity index (χ2n) is 6.77. The zero-order valence-electron chi connectivity index (χ0n) is 15.6. The number of nitrogens with one attached hydrogen (secondary N) is 1. The average Bonchev–Trinajstić information content (AvgIpc) is 3.15. The van der Waals surface area contributed by atoms with Crippen molar-refractivity contribution in [1.29, 1.82) is 0 Å². The van der Waals surface area contributed by atoms with Crippen molar-refractivity contribution in [2.24, 2.45) is 0 Å². The number of carbonyl (C=O) groups is 1. The SMILES string of the molecule is COc1cc2cc(C(=O)N3CCCC[C@H]3c3cccnc3)[nH]c2cc1OC. The van der Waals surface area contributed by atoms with Gasteiger partial charge in [0.1, 0.15) is 5.69 Å². The predicted octanol–water partition coefficient (Wildman–Crippen LogP) is 3.95. The highest BCUT2D eigenvalue weighted by Gasteiger charge is 2.29. The first-order valence-electron chi connectivity index (χ1n) is 9.17. The van der Waals surface area contributed by atoms with Gasteiger partial charge in [-0.1, -0.05) is 6.07 Å². The fraction of sp³-hybridized carbons (Fsp3) is 0.333. The summed E-state index contributed by atoms with van der Waals surface area (Å²) < 4.78 is 10.7. The summed E-state index contributed by atoms with van der Waals surface area (Å²) in [6.07, 6.45) is 6.71. The van der Waals surface area contributed by atoms with Gasteiger partial charge in [-0.3, -0.25) is 9.78 Å². The minimum absolute atomic E-state index is 0.0117. The van der Waals surface area contributed by atoms with Crippen LogP contribution >= 0.6 is 0 Å². The minimum atomic E-state index is 0.0117. The molecule has 1 aliphatic rings. The van der Waals surface area contributed by atoms with E-state index in [9.17, 15) is 4.79 Å². The van der Waals surface area contributed by atoms with Crippen molar-refractivity contribution in [3.8, 4) is 11.5 Å². The summed E-state index contributed by atoms with van der Waals surface area (Å²) in [5, 5.41) is 0.922. The van der Waals surface area contributed by atoms with E-state index in [1.807, 2.05) is 41.4 Å². The highest BCUT2D eigenvalue weighted by atomic mass is 16.5. The number of benzene rings is 1. The lowest BCUT2D eigenvalue weighted by atomic mass is 9.96. The maximum absolute atomic E-state index is 13.3. The molecule has 3 heterocycles. The highest BCUT2D eigenvalue weighted by Crippen LogP contribution is 2.34. The van der Waals surface area contributed by atoms with Crippen LogP contribution in [0.3, 0.4) is 0 Å². The van der Waals surface area contributed by atoms with Gasteiger partial charge in [-0.15, -0.1) is 0 Å². The van der Waals surface area contributed by atoms with Crippen LogP contribution in [0.1, 0.15) is 41.4 Å². The van der Waals surface area contributed by atoms with Crippen LogP contribution in [0.15, 0.2) is 42.7 Å². The van der Waals surface area contributed by atoms with Crippen molar-refractivity contribution in [2.45, 2.75) is 25.3 Å². The maximum atomic E-state index is 13.3. The van der Waals surface area contributed by atoms with Gasteiger partial charge in [0.25, 0.3) is 5.91 Å². The van der Waals surface area contributed by atoms with Crippen molar-refractivity contribution < 1.29 is 14.3 Å². The molecule has 1 fully saturated rings. The first-order chi connectivity index (χ1) is 13.2. The van der Waals surface area contributed by atoms with Crippen LogP contribution in [0.5, 0.6) is 11.5 Å². The molecule has 6 nitrogen and oxygen atoms in total. The molecule has 0 radical (unpaired) electrons. The fourth-order valence-electron chi connectivity index (χ4n) is 3.82. The molecule has 1 atom stereocenters. The quantitative estimate of drug-likeness (QED) is 0.760.